The fraction of sp³-hybridized carbons (Fsp3) is 0.467. The topological polar surface area (TPSA) is 52.6 Å². The molecule has 0 saturated carbocycles. The van der Waals surface area contributed by atoms with Gasteiger partial charge in [0, 0.05) is 0 Å². The van der Waals surface area contributed by atoms with Gasteiger partial charge < -0.3 is 4.74 Å². The Kier molecular flexibility index (Phi) is 6.75. The van der Waals surface area contributed by atoms with Crippen LogP contribution in [0.15, 0.2) is 29.2 Å². The van der Waals surface area contributed by atoms with Crippen molar-refractivity contribution in [3.05, 3.63) is 29.8 Å². The summed E-state index contributed by atoms with van der Waals surface area (Å²) in [5.74, 6) is 2.92. The monoisotopic (exact) mass is 330 g/mol. The molecular weight excluding hydrogens is 308 g/mol. The van der Waals surface area contributed by atoms with Gasteiger partial charge in [0.2, 0.25) is 0 Å². The molecule has 0 heterocycles. The minimum Gasteiger partial charge on any atom is -0.366 e. The molecule has 0 radical (unpaired) electrons. The molecule has 0 spiro atoms. The number of aryl methyl sites for hydroxylation is 1. The van der Waals surface area contributed by atoms with Crippen LogP contribution in [-0.4, -0.2) is 47.0 Å². The van der Waals surface area contributed by atoms with Crippen molar-refractivity contribution < 1.29 is 17.3 Å². The van der Waals surface area contributed by atoms with Crippen molar-refractivity contribution in [2.45, 2.75) is 11.8 Å². The molecule has 0 amide bonds. The van der Waals surface area contributed by atoms with Crippen LogP contribution in [0.1, 0.15) is 5.56 Å². The Balaban J connectivity index is 2.35. The number of ether oxygens (including phenoxy) is 1. The lowest BCUT2D eigenvalue weighted by molar-refractivity contribution is 0.127. The first-order chi connectivity index (χ1) is 9.71. The predicted molar refractivity (Wildman–Crippen MR) is 88.3 cm³/mol. The molecular formula is C15H22O4S2. The Hall–Kier alpha value is -1.00. The standard InChI is InChI=1S/C15H22O4S2/c1-14-6-8-15(9-7-14)21(16,17)19-12-11-18-10-5-13-20(2,3)4/h6-9H,10-12H2,1-4H3. The second-order valence-electron chi connectivity index (χ2n) is 5.26. The molecule has 1 rings (SSSR count). The summed E-state index contributed by atoms with van der Waals surface area (Å²) < 4.78 is 33.9. The van der Waals surface area contributed by atoms with Gasteiger partial charge >= 0.3 is 0 Å². The second kappa shape index (κ2) is 7.85. The van der Waals surface area contributed by atoms with Crippen molar-refractivity contribution in [2.75, 3.05) is 38.6 Å². The molecule has 1 aromatic carbocycles. The van der Waals surface area contributed by atoms with E-state index in [0.29, 0.717) is 0 Å². The third-order valence-corrected chi connectivity index (χ3v) is 4.41. The van der Waals surface area contributed by atoms with Gasteiger partial charge in [-0.2, -0.15) is 18.4 Å². The zero-order valence-corrected chi connectivity index (χ0v) is 14.5. The van der Waals surface area contributed by atoms with Crippen LogP contribution in [0.5, 0.6) is 0 Å². The third-order valence-electron chi connectivity index (χ3n) is 2.33. The molecule has 6 heteroatoms. The fourth-order valence-electron chi connectivity index (χ4n) is 1.34. The molecule has 0 aliphatic rings. The SMILES string of the molecule is Cc1ccc(S(=O)(=O)OCCOCC#CS(C)(C)C)cc1. The van der Waals surface area contributed by atoms with Crippen LogP contribution < -0.4 is 0 Å². The van der Waals surface area contributed by atoms with E-state index in [1.54, 1.807) is 12.1 Å². The summed E-state index contributed by atoms with van der Waals surface area (Å²) in [6, 6.07) is 6.53. The third kappa shape index (κ3) is 7.53. The van der Waals surface area contributed by atoms with E-state index in [-0.39, 0.29) is 24.7 Å². The Morgan fingerprint density at radius 2 is 1.67 bits per heavy atom. The van der Waals surface area contributed by atoms with Gasteiger partial charge in [-0.1, -0.05) is 28.9 Å². The van der Waals surface area contributed by atoms with Crippen molar-refractivity contribution in [3.63, 3.8) is 0 Å². The van der Waals surface area contributed by atoms with Crippen LogP contribution in [-0.2, 0) is 19.0 Å². The predicted octanol–water partition coefficient (Wildman–Crippen LogP) is 2.37. The van der Waals surface area contributed by atoms with Gasteiger partial charge in [0.15, 0.2) is 0 Å². The van der Waals surface area contributed by atoms with Crippen molar-refractivity contribution in [1.29, 1.82) is 0 Å². The summed E-state index contributed by atoms with van der Waals surface area (Å²) in [6.07, 6.45) is 6.28. The average Bonchev–Trinajstić information content (AvgIpc) is 2.36. The fourth-order valence-corrected chi connectivity index (χ4v) is 2.73. The smallest absolute Gasteiger partial charge is 0.297 e. The molecule has 118 valence electrons. The first kappa shape index (κ1) is 18.1. The second-order valence-corrected chi connectivity index (χ2v) is 10.8. The quantitative estimate of drug-likeness (QED) is 0.456. The van der Waals surface area contributed by atoms with E-state index in [2.05, 4.69) is 29.9 Å². The van der Waals surface area contributed by atoms with Crippen LogP contribution in [0, 0.1) is 18.1 Å². The van der Waals surface area contributed by atoms with E-state index in [4.69, 9.17) is 8.92 Å². The summed E-state index contributed by atoms with van der Waals surface area (Å²) in [4.78, 5) is 0.157. The lowest BCUT2D eigenvalue weighted by Gasteiger charge is -2.14. The summed E-state index contributed by atoms with van der Waals surface area (Å²) >= 11 is 0. The van der Waals surface area contributed by atoms with E-state index in [0.717, 1.165) is 5.56 Å². The van der Waals surface area contributed by atoms with Gasteiger partial charge in [-0.05, 0) is 37.8 Å². The highest BCUT2D eigenvalue weighted by molar-refractivity contribution is 8.35. The summed E-state index contributed by atoms with van der Waals surface area (Å²) in [7, 11) is -4.55. The van der Waals surface area contributed by atoms with Gasteiger partial charge in [0.25, 0.3) is 10.1 Å². The molecule has 0 N–H and O–H groups in total. The maximum atomic E-state index is 11.9. The zero-order valence-electron chi connectivity index (χ0n) is 12.9. The van der Waals surface area contributed by atoms with E-state index in [1.807, 2.05) is 6.92 Å². The average molecular weight is 330 g/mol. The Labute approximate surface area is 129 Å². The molecule has 0 unspecified atom stereocenters. The van der Waals surface area contributed by atoms with Crippen LogP contribution in [0.3, 0.4) is 0 Å². The molecule has 0 bridgehead atoms. The molecule has 21 heavy (non-hydrogen) atoms. The van der Waals surface area contributed by atoms with Crippen LogP contribution >= 0.6 is 10.0 Å². The van der Waals surface area contributed by atoms with Gasteiger partial charge in [-0.15, -0.1) is 0 Å². The maximum Gasteiger partial charge on any atom is 0.297 e. The minimum absolute atomic E-state index is 0.0136. The molecule has 4 nitrogen and oxygen atoms in total. The number of hydrogen-bond donors (Lipinski definition) is 0. The Morgan fingerprint density at radius 3 is 2.24 bits per heavy atom. The van der Waals surface area contributed by atoms with E-state index in [9.17, 15) is 8.42 Å². The number of benzene rings is 1. The molecule has 0 saturated heterocycles. The number of rotatable bonds is 6. The van der Waals surface area contributed by atoms with Crippen molar-refractivity contribution in [1.82, 2.24) is 0 Å². The highest BCUT2D eigenvalue weighted by Gasteiger charge is 2.14. The van der Waals surface area contributed by atoms with Crippen LogP contribution in [0.25, 0.3) is 0 Å². The lowest BCUT2D eigenvalue weighted by Crippen LogP contribution is -2.11. The summed E-state index contributed by atoms with van der Waals surface area (Å²) in [6.45, 7) is 2.36. The normalized spacial score (nSPS) is 12.6. The highest BCUT2D eigenvalue weighted by Crippen LogP contribution is 2.31. The summed E-state index contributed by atoms with van der Waals surface area (Å²) in [5.41, 5.74) is 0.997. The molecule has 0 aliphatic carbocycles. The largest absolute Gasteiger partial charge is 0.366 e. The number of hydrogen-bond acceptors (Lipinski definition) is 4. The summed E-state index contributed by atoms with van der Waals surface area (Å²) in [5, 5.41) is 3.11. The van der Waals surface area contributed by atoms with Crippen LogP contribution in [0.4, 0.5) is 0 Å². The minimum atomic E-state index is -3.70. The van der Waals surface area contributed by atoms with Crippen molar-refractivity contribution in [2.24, 2.45) is 0 Å². The van der Waals surface area contributed by atoms with Crippen molar-refractivity contribution in [3.8, 4) is 11.2 Å². The molecule has 1 aromatic rings. The van der Waals surface area contributed by atoms with Crippen LogP contribution in [0.2, 0.25) is 0 Å². The van der Waals surface area contributed by atoms with E-state index < -0.39 is 20.1 Å². The molecule has 0 aromatic heterocycles. The molecule has 0 atom stereocenters. The first-order valence-corrected chi connectivity index (χ1v) is 10.7. The van der Waals surface area contributed by atoms with Gasteiger partial charge in [-0.25, -0.2) is 0 Å². The molecule has 0 fully saturated rings. The van der Waals surface area contributed by atoms with Gasteiger partial charge in [0.1, 0.15) is 6.61 Å². The highest BCUT2D eigenvalue weighted by atomic mass is 32.3. The first-order valence-electron chi connectivity index (χ1n) is 6.42. The zero-order chi connectivity index (χ0) is 15.9. The Bertz CT molecular complexity index is 602. The Morgan fingerprint density at radius 1 is 1.05 bits per heavy atom. The van der Waals surface area contributed by atoms with Gasteiger partial charge in [0.05, 0.1) is 18.1 Å². The van der Waals surface area contributed by atoms with E-state index >= 15 is 0 Å². The van der Waals surface area contributed by atoms with E-state index in [1.165, 1.54) is 12.1 Å². The lowest BCUT2D eigenvalue weighted by atomic mass is 10.2. The maximum absolute atomic E-state index is 11.9. The van der Waals surface area contributed by atoms with Gasteiger partial charge in [-0.3, -0.25) is 4.18 Å². The van der Waals surface area contributed by atoms with Crippen molar-refractivity contribution >= 4 is 20.1 Å². The molecule has 0 aliphatic heterocycles.